The van der Waals surface area contributed by atoms with Crippen LogP contribution in [0.15, 0.2) is 61.6 Å². The SMILES string of the molecule is CCOc1ccccc1-c1nnc(SC(C)c2nc3scc(-c4cccs4)c3c(=O)[nH]2)o1. The summed E-state index contributed by atoms with van der Waals surface area (Å²) in [5, 5.41) is 13.2. The molecule has 0 spiro atoms. The van der Waals surface area contributed by atoms with Crippen molar-refractivity contribution in [2.75, 3.05) is 6.61 Å². The molecule has 0 bridgehead atoms. The molecule has 5 rings (SSSR count). The summed E-state index contributed by atoms with van der Waals surface area (Å²) >= 11 is 4.43. The van der Waals surface area contributed by atoms with Gasteiger partial charge in [0.25, 0.3) is 16.7 Å². The summed E-state index contributed by atoms with van der Waals surface area (Å²) in [6.45, 7) is 4.41. The van der Waals surface area contributed by atoms with Crippen LogP contribution < -0.4 is 10.3 Å². The lowest BCUT2D eigenvalue weighted by Crippen LogP contribution is -2.12. The van der Waals surface area contributed by atoms with Crippen molar-refractivity contribution in [3.8, 4) is 27.6 Å². The molecule has 0 amide bonds. The standard InChI is InChI=1S/C22H18N4O3S3/c1-3-28-15-8-5-4-7-13(15)20-25-26-22(29-20)32-12(2)18-23-19(27)17-14(11-31-21(17)24-18)16-9-6-10-30-16/h4-12H,3H2,1-2H3,(H,23,24,27). The fourth-order valence-corrected chi connectivity index (χ4v) is 5.78. The van der Waals surface area contributed by atoms with Gasteiger partial charge in [0.15, 0.2) is 0 Å². The number of aromatic nitrogens is 4. The first-order valence-corrected chi connectivity index (χ1v) is 12.6. The molecule has 162 valence electrons. The van der Waals surface area contributed by atoms with Crippen LogP contribution >= 0.6 is 34.4 Å². The molecule has 1 unspecified atom stereocenters. The van der Waals surface area contributed by atoms with Gasteiger partial charge >= 0.3 is 0 Å². The van der Waals surface area contributed by atoms with Gasteiger partial charge < -0.3 is 14.1 Å². The molecule has 0 aliphatic carbocycles. The molecular formula is C22H18N4O3S3. The Morgan fingerprint density at radius 1 is 1.16 bits per heavy atom. The maximum absolute atomic E-state index is 12.9. The predicted octanol–water partition coefficient (Wildman–Crippen LogP) is 6.02. The summed E-state index contributed by atoms with van der Waals surface area (Å²) in [5.41, 5.74) is 1.53. The third kappa shape index (κ3) is 3.96. The first-order valence-electron chi connectivity index (χ1n) is 9.91. The molecular weight excluding hydrogens is 464 g/mol. The molecule has 1 N–H and O–H groups in total. The van der Waals surface area contributed by atoms with Gasteiger partial charge in [0.2, 0.25) is 0 Å². The van der Waals surface area contributed by atoms with Crippen LogP contribution in [0.4, 0.5) is 0 Å². The Hall–Kier alpha value is -2.95. The van der Waals surface area contributed by atoms with E-state index in [2.05, 4.69) is 15.2 Å². The van der Waals surface area contributed by atoms with Gasteiger partial charge in [-0.05, 0) is 37.4 Å². The van der Waals surface area contributed by atoms with Crippen molar-refractivity contribution in [1.82, 2.24) is 20.2 Å². The lowest BCUT2D eigenvalue weighted by Gasteiger charge is -2.08. The number of benzene rings is 1. The van der Waals surface area contributed by atoms with Gasteiger partial charge in [-0.3, -0.25) is 4.79 Å². The molecule has 10 heteroatoms. The van der Waals surface area contributed by atoms with Gasteiger partial charge in [-0.25, -0.2) is 4.98 Å². The first kappa shape index (κ1) is 20.9. The number of thiophene rings is 2. The Labute approximate surface area is 195 Å². The van der Waals surface area contributed by atoms with E-state index in [1.54, 1.807) is 11.3 Å². The summed E-state index contributed by atoms with van der Waals surface area (Å²) in [4.78, 5) is 22.3. The molecule has 1 aromatic carbocycles. The summed E-state index contributed by atoms with van der Waals surface area (Å²) in [7, 11) is 0. The van der Waals surface area contributed by atoms with E-state index in [1.165, 1.54) is 23.1 Å². The molecule has 4 heterocycles. The average Bonchev–Trinajstić information content (AvgIpc) is 3.55. The molecule has 0 fully saturated rings. The molecule has 0 radical (unpaired) electrons. The van der Waals surface area contributed by atoms with Crippen LogP contribution in [0.2, 0.25) is 0 Å². The normalized spacial score (nSPS) is 12.3. The number of nitrogens with one attached hydrogen (secondary N) is 1. The van der Waals surface area contributed by atoms with Crippen molar-refractivity contribution >= 4 is 44.7 Å². The fraction of sp³-hybridized carbons (Fsp3) is 0.182. The Kier molecular flexibility index (Phi) is 5.81. The average molecular weight is 483 g/mol. The van der Waals surface area contributed by atoms with E-state index in [1.807, 2.05) is 61.0 Å². The Morgan fingerprint density at radius 2 is 2.03 bits per heavy atom. The number of rotatable bonds is 7. The molecule has 32 heavy (non-hydrogen) atoms. The highest BCUT2D eigenvalue weighted by Gasteiger charge is 2.20. The molecule has 0 aliphatic rings. The minimum Gasteiger partial charge on any atom is -0.493 e. The van der Waals surface area contributed by atoms with Crippen LogP contribution in [0.1, 0.15) is 24.9 Å². The van der Waals surface area contributed by atoms with Gasteiger partial charge in [0.05, 0.1) is 22.8 Å². The number of para-hydroxylation sites is 1. The zero-order valence-corrected chi connectivity index (χ0v) is 19.6. The maximum atomic E-state index is 12.9. The van der Waals surface area contributed by atoms with E-state index in [0.717, 1.165) is 20.8 Å². The van der Waals surface area contributed by atoms with Crippen LogP contribution in [0.5, 0.6) is 5.75 Å². The molecule has 4 aromatic heterocycles. The maximum Gasteiger partial charge on any atom is 0.277 e. The third-order valence-corrected chi connectivity index (χ3v) is 7.45. The fourth-order valence-electron chi connectivity index (χ4n) is 3.27. The van der Waals surface area contributed by atoms with Crippen LogP contribution in [0.25, 0.3) is 32.1 Å². The van der Waals surface area contributed by atoms with Crippen molar-refractivity contribution in [3.63, 3.8) is 0 Å². The number of thioether (sulfide) groups is 1. The van der Waals surface area contributed by atoms with Crippen molar-refractivity contribution in [2.45, 2.75) is 24.3 Å². The van der Waals surface area contributed by atoms with Crippen LogP contribution in [-0.2, 0) is 0 Å². The highest BCUT2D eigenvalue weighted by Crippen LogP contribution is 2.37. The Balaban J connectivity index is 1.40. The molecule has 1 atom stereocenters. The van der Waals surface area contributed by atoms with Crippen molar-refractivity contribution < 1.29 is 9.15 Å². The lowest BCUT2D eigenvalue weighted by molar-refractivity contribution is 0.340. The quantitative estimate of drug-likeness (QED) is 0.284. The highest BCUT2D eigenvalue weighted by molar-refractivity contribution is 7.99. The topological polar surface area (TPSA) is 93.9 Å². The van der Waals surface area contributed by atoms with Gasteiger partial charge in [-0.2, -0.15) is 0 Å². The summed E-state index contributed by atoms with van der Waals surface area (Å²) in [5.74, 6) is 1.65. The lowest BCUT2D eigenvalue weighted by atomic mass is 10.2. The van der Waals surface area contributed by atoms with Gasteiger partial charge in [0.1, 0.15) is 16.4 Å². The van der Waals surface area contributed by atoms with Gasteiger partial charge in [-0.15, -0.1) is 32.9 Å². The third-order valence-electron chi connectivity index (χ3n) is 4.74. The van der Waals surface area contributed by atoms with Crippen molar-refractivity contribution in [2.24, 2.45) is 0 Å². The zero-order chi connectivity index (χ0) is 22.1. The number of fused-ring (bicyclic) bond motifs is 1. The van der Waals surface area contributed by atoms with Gasteiger partial charge in [0, 0.05) is 15.8 Å². The monoisotopic (exact) mass is 482 g/mol. The van der Waals surface area contributed by atoms with Crippen LogP contribution in [0, 0.1) is 0 Å². The Morgan fingerprint density at radius 3 is 2.84 bits per heavy atom. The number of ether oxygens (including phenoxy) is 1. The second kappa shape index (κ2) is 8.89. The largest absolute Gasteiger partial charge is 0.493 e. The van der Waals surface area contributed by atoms with Gasteiger partial charge in [-0.1, -0.05) is 30.0 Å². The predicted molar refractivity (Wildman–Crippen MR) is 129 cm³/mol. The summed E-state index contributed by atoms with van der Waals surface area (Å²) < 4.78 is 11.5. The van der Waals surface area contributed by atoms with Crippen molar-refractivity contribution in [3.05, 3.63) is 63.3 Å². The molecule has 0 saturated carbocycles. The van der Waals surface area contributed by atoms with E-state index in [4.69, 9.17) is 14.1 Å². The van der Waals surface area contributed by atoms with E-state index < -0.39 is 0 Å². The van der Waals surface area contributed by atoms with Crippen molar-refractivity contribution in [1.29, 1.82) is 0 Å². The first-order chi connectivity index (χ1) is 15.6. The molecule has 0 aliphatic heterocycles. The number of H-pyrrole nitrogens is 1. The van der Waals surface area contributed by atoms with Crippen LogP contribution in [-0.4, -0.2) is 26.8 Å². The number of hydrogen-bond acceptors (Lipinski definition) is 9. The molecule has 0 saturated heterocycles. The van der Waals surface area contributed by atoms with E-state index in [9.17, 15) is 4.79 Å². The second-order valence-corrected chi connectivity index (χ2v) is 9.92. The van der Waals surface area contributed by atoms with E-state index in [-0.39, 0.29) is 10.8 Å². The second-order valence-electron chi connectivity index (χ2n) is 6.82. The zero-order valence-electron chi connectivity index (χ0n) is 17.2. The summed E-state index contributed by atoms with van der Waals surface area (Å²) in [6, 6.07) is 11.5. The Bertz CT molecular complexity index is 1420. The number of nitrogens with zero attached hydrogens (tertiary/aromatic N) is 3. The molecule has 5 aromatic rings. The minimum absolute atomic E-state index is 0.140. The van der Waals surface area contributed by atoms with E-state index in [0.29, 0.717) is 34.7 Å². The summed E-state index contributed by atoms with van der Waals surface area (Å²) in [6.07, 6.45) is 0. The number of aromatic amines is 1. The number of hydrogen-bond donors (Lipinski definition) is 1. The minimum atomic E-state index is -0.185. The molecule has 7 nitrogen and oxygen atoms in total. The van der Waals surface area contributed by atoms with E-state index >= 15 is 0 Å². The van der Waals surface area contributed by atoms with Crippen LogP contribution in [0.3, 0.4) is 0 Å². The smallest absolute Gasteiger partial charge is 0.277 e. The highest BCUT2D eigenvalue weighted by atomic mass is 32.2.